The third kappa shape index (κ3) is 2.18. The molecule has 0 saturated heterocycles. The Morgan fingerprint density at radius 1 is 1.29 bits per heavy atom. The molecule has 1 unspecified atom stereocenters. The van der Waals surface area contributed by atoms with E-state index in [1.165, 1.54) is 6.08 Å². The molecule has 7 nitrogen and oxygen atoms in total. The summed E-state index contributed by atoms with van der Waals surface area (Å²) in [7, 11) is 0. The van der Waals surface area contributed by atoms with Gasteiger partial charge in [0.25, 0.3) is 0 Å². The Labute approximate surface area is 162 Å². The van der Waals surface area contributed by atoms with Gasteiger partial charge in [-0.15, -0.1) is 0 Å². The van der Waals surface area contributed by atoms with Crippen LogP contribution in [0.3, 0.4) is 0 Å². The number of aliphatic carboxylic acids is 1. The maximum absolute atomic E-state index is 12.4. The van der Waals surface area contributed by atoms with Crippen molar-refractivity contribution in [2.75, 3.05) is 6.61 Å². The highest BCUT2D eigenvalue weighted by Gasteiger charge is 2.73. The van der Waals surface area contributed by atoms with Gasteiger partial charge < -0.3 is 20.4 Å². The molecule has 0 heterocycles. The summed E-state index contributed by atoms with van der Waals surface area (Å²) in [5.74, 6) is -3.25. The Balaban J connectivity index is 1.82. The first-order valence-electron chi connectivity index (χ1n) is 9.84. The monoisotopic (exact) mass is 390 g/mol. The molecule has 0 radical (unpaired) electrons. The fourth-order valence-electron chi connectivity index (χ4n) is 6.93. The highest BCUT2D eigenvalue weighted by Crippen LogP contribution is 2.67. The summed E-state index contributed by atoms with van der Waals surface area (Å²) in [5, 5.41) is 41.8. The Hall–Kier alpha value is -1.83. The van der Waals surface area contributed by atoms with Crippen LogP contribution in [0, 0.1) is 28.6 Å². The molecule has 28 heavy (non-hydrogen) atoms. The third-order valence-corrected chi connectivity index (χ3v) is 8.14. The lowest BCUT2D eigenvalue weighted by Crippen LogP contribution is -2.65. The van der Waals surface area contributed by atoms with Crippen LogP contribution < -0.4 is 0 Å². The van der Waals surface area contributed by atoms with Crippen molar-refractivity contribution in [3.05, 3.63) is 23.8 Å². The zero-order valence-corrected chi connectivity index (χ0v) is 15.8. The molecule has 0 bridgehead atoms. The van der Waals surface area contributed by atoms with Crippen molar-refractivity contribution in [2.45, 2.75) is 50.7 Å². The molecular weight excluding hydrogens is 364 g/mol. The van der Waals surface area contributed by atoms with Gasteiger partial charge in [0.1, 0.15) is 17.6 Å². The zero-order valence-electron chi connectivity index (χ0n) is 15.8. The number of aliphatic hydroxyl groups is 3. The number of allylic oxidation sites excluding steroid dienone is 4. The molecule has 0 spiro atoms. The second kappa shape index (κ2) is 6.08. The van der Waals surface area contributed by atoms with Gasteiger partial charge in [-0.05, 0) is 56.1 Å². The summed E-state index contributed by atoms with van der Waals surface area (Å²) < 4.78 is 0. The van der Waals surface area contributed by atoms with Gasteiger partial charge in [-0.3, -0.25) is 14.4 Å². The summed E-state index contributed by atoms with van der Waals surface area (Å²) in [5.41, 5.74) is -3.59. The smallest absolute Gasteiger partial charge is 0.313 e. The standard InChI is InChI=1S/C21H26O7/c1-19-6-4-12(23)8-11(19)2-3-13-14-5-7-21(28,16(25)10-22)20(14,18(26)27)9-15(24)17(13)19/h4,6,8,13-15,17,22,24,28H,2-3,5,7,9-10H2,1H3,(H,26,27)/t13-,14-,15?,17+,19-,20-,21-/m0/s1. The predicted molar refractivity (Wildman–Crippen MR) is 97.0 cm³/mol. The highest BCUT2D eigenvalue weighted by molar-refractivity contribution is 6.01. The third-order valence-electron chi connectivity index (χ3n) is 8.14. The van der Waals surface area contributed by atoms with E-state index in [0.29, 0.717) is 19.3 Å². The van der Waals surface area contributed by atoms with Crippen LogP contribution in [0.15, 0.2) is 23.8 Å². The second-order valence-electron chi connectivity index (χ2n) is 9.05. The van der Waals surface area contributed by atoms with Crippen molar-refractivity contribution in [1.29, 1.82) is 0 Å². The molecule has 4 aliphatic carbocycles. The number of ketones is 2. The number of hydrogen-bond donors (Lipinski definition) is 4. The fourth-order valence-corrected chi connectivity index (χ4v) is 6.93. The Kier molecular flexibility index (Phi) is 4.23. The molecule has 0 aromatic rings. The van der Waals surface area contributed by atoms with Crippen LogP contribution in [0.1, 0.15) is 39.0 Å². The van der Waals surface area contributed by atoms with Gasteiger partial charge in [-0.2, -0.15) is 0 Å². The van der Waals surface area contributed by atoms with Crippen molar-refractivity contribution in [3.8, 4) is 0 Å². The van der Waals surface area contributed by atoms with Gasteiger partial charge in [0.05, 0.1) is 6.10 Å². The summed E-state index contributed by atoms with van der Waals surface area (Å²) in [6.07, 6.45) is 5.14. The number of aliphatic hydroxyl groups excluding tert-OH is 2. The molecule has 4 N–H and O–H groups in total. The van der Waals surface area contributed by atoms with Crippen LogP contribution in [0.4, 0.5) is 0 Å². The van der Waals surface area contributed by atoms with Crippen molar-refractivity contribution in [3.63, 3.8) is 0 Å². The minimum absolute atomic E-state index is 0.0347. The van der Waals surface area contributed by atoms with Gasteiger partial charge in [0.15, 0.2) is 11.6 Å². The van der Waals surface area contributed by atoms with Crippen molar-refractivity contribution < 1.29 is 34.8 Å². The first-order valence-corrected chi connectivity index (χ1v) is 9.84. The Morgan fingerprint density at radius 2 is 2.00 bits per heavy atom. The molecule has 0 amide bonds. The van der Waals surface area contributed by atoms with E-state index in [1.54, 1.807) is 6.08 Å². The number of Topliss-reactive ketones (excluding diaryl/α,β-unsaturated/α-hetero) is 1. The molecule has 4 aliphatic rings. The van der Waals surface area contributed by atoms with Crippen molar-refractivity contribution in [2.24, 2.45) is 28.6 Å². The molecule has 7 heteroatoms. The van der Waals surface area contributed by atoms with Gasteiger partial charge in [0, 0.05) is 11.3 Å². The lowest BCUT2D eigenvalue weighted by Gasteiger charge is -2.58. The SMILES string of the molecule is C[C@]12C=CC(=O)C=C1CC[C@@H]1[C@@H]2C(O)C[C@@]2(C(=O)O)[C@H]1CC[C@]2(O)C(=O)CO. The number of rotatable bonds is 3. The van der Waals surface area contributed by atoms with Gasteiger partial charge >= 0.3 is 5.97 Å². The fraction of sp³-hybridized carbons (Fsp3) is 0.667. The molecule has 7 atom stereocenters. The number of carbonyl (C=O) groups excluding carboxylic acids is 2. The quantitative estimate of drug-likeness (QED) is 0.555. The van der Waals surface area contributed by atoms with Crippen LogP contribution in [-0.2, 0) is 14.4 Å². The molecule has 0 aliphatic heterocycles. The van der Waals surface area contributed by atoms with E-state index in [9.17, 15) is 34.8 Å². The molecule has 3 saturated carbocycles. The van der Waals surface area contributed by atoms with E-state index >= 15 is 0 Å². The molecule has 0 aromatic carbocycles. The number of carboxylic acids is 1. The topological polar surface area (TPSA) is 132 Å². The minimum atomic E-state index is -2.18. The number of fused-ring (bicyclic) bond motifs is 5. The summed E-state index contributed by atoms with van der Waals surface area (Å²) in [6.45, 7) is 1.04. The molecule has 3 fully saturated rings. The average Bonchev–Trinajstić information content (AvgIpc) is 2.96. The van der Waals surface area contributed by atoms with Crippen LogP contribution in [-0.4, -0.2) is 56.3 Å². The first kappa shape index (κ1) is 19.5. The van der Waals surface area contributed by atoms with Crippen LogP contribution >= 0.6 is 0 Å². The average molecular weight is 390 g/mol. The molecule has 4 rings (SSSR count). The molecule has 152 valence electrons. The lowest BCUT2D eigenvalue weighted by molar-refractivity contribution is -0.202. The lowest BCUT2D eigenvalue weighted by atomic mass is 9.45. The van der Waals surface area contributed by atoms with Crippen molar-refractivity contribution >= 4 is 17.5 Å². The van der Waals surface area contributed by atoms with Gasteiger partial charge in [-0.1, -0.05) is 18.6 Å². The van der Waals surface area contributed by atoms with E-state index in [4.69, 9.17) is 0 Å². The Bertz CT molecular complexity index is 814. The number of hydrogen-bond acceptors (Lipinski definition) is 6. The van der Waals surface area contributed by atoms with Gasteiger partial charge in [0.2, 0.25) is 0 Å². The van der Waals surface area contributed by atoms with Crippen molar-refractivity contribution in [1.82, 2.24) is 0 Å². The van der Waals surface area contributed by atoms with Crippen LogP contribution in [0.5, 0.6) is 0 Å². The molecule has 0 aromatic heterocycles. The second-order valence-corrected chi connectivity index (χ2v) is 9.05. The Morgan fingerprint density at radius 3 is 2.64 bits per heavy atom. The van der Waals surface area contributed by atoms with E-state index < -0.39 is 46.8 Å². The number of carbonyl (C=O) groups is 3. The predicted octanol–water partition coefficient (Wildman–Crippen LogP) is 0.622. The van der Waals surface area contributed by atoms with Gasteiger partial charge in [-0.25, -0.2) is 0 Å². The van der Waals surface area contributed by atoms with Crippen LogP contribution in [0.25, 0.3) is 0 Å². The van der Waals surface area contributed by atoms with Crippen LogP contribution in [0.2, 0.25) is 0 Å². The normalized spacial score (nSPS) is 47.0. The summed E-state index contributed by atoms with van der Waals surface area (Å²) >= 11 is 0. The van der Waals surface area contributed by atoms with E-state index in [-0.39, 0.29) is 30.5 Å². The maximum atomic E-state index is 12.4. The summed E-state index contributed by atoms with van der Waals surface area (Å²) in [6, 6.07) is 0. The summed E-state index contributed by atoms with van der Waals surface area (Å²) in [4.78, 5) is 36.7. The molecular formula is C21H26O7. The first-order chi connectivity index (χ1) is 13.1. The van der Waals surface area contributed by atoms with E-state index in [2.05, 4.69) is 0 Å². The van der Waals surface area contributed by atoms with E-state index in [0.717, 1.165) is 5.57 Å². The minimum Gasteiger partial charge on any atom is -0.481 e. The largest absolute Gasteiger partial charge is 0.481 e. The highest BCUT2D eigenvalue weighted by atomic mass is 16.4. The zero-order chi connectivity index (χ0) is 20.5. The maximum Gasteiger partial charge on any atom is 0.313 e. The number of carboxylic acid groups (broad SMARTS) is 1. The van der Waals surface area contributed by atoms with E-state index in [1.807, 2.05) is 13.0 Å².